The molecule has 0 radical (unpaired) electrons. The van der Waals surface area contributed by atoms with Crippen LogP contribution in [0.2, 0.25) is 0 Å². The number of amides is 2. The lowest BCUT2D eigenvalue weighted by atomic mass is 10.1. The van der Waals surface area contributed by atoms with Gasteiger partial charge in [-0.25, -0.2) is 23.3 Å². The van der Waals surface area contributed by atoms with E-state index in [1.807, 2.05) is 0 Å². The average Bonchev–Trinajstić information content (AvgIpc) is 2.73. The van der Waals surface area contributed by atoms with E-state index < -0.39 is 16.1 Å². The summed E-state index contributed by atoms with van der Waals surface area (Å²) >= 11 is 0. The van der Waals surface area contributed by atoms with Crippen LogP contribution in [0.1, 0.15) is 12.0 Å². The molecule has 1 aliphatic heterocycles. The summed E-state index contributed by atoms with van der Waals surface area (Å²) in [5, 5.41) is 15.5. The number of nitrogens with zero attached hydrogens (tertiary/aromatic N) is 2. The number of aromatic nitrogens is 1. The molecular weight excluding hydrogens is 412 g/mol. The summed E-state index contributed by atoms with van der Waals surface area (Å²) in [7, 11) is -3.75. The monoisotopic (exact) mass is 436 g/mol. The minimum absolute atomic E-state index is 0.0116. The first-order valence-electron chi connectivity index (χ1n) is 9.14. The van der Waals surface area contributed by atoms with Gasteiger partial charge in [0.05, 0.1) is 18.1 Å². The number of benzene rings is 1. The van der Waals surface area contributed by atoms with Crippen molar-refractivity contribution >= 4 is 27.8 Å². The second-order valence-corrected chi connectivity index (χ2v) is 7.82. The maximum Gasteiger partial charge on any atom is 0.410 e. The molecule has 1 aliphatic rings. The van der Waals surface area contributed by atoms with Gasteiger partial charge in [0.2, 0.25) is 15.9 Å². The third-order valence-electron chi connectivity index (χ3n) is 4.15. The van der Waals surface area contributed by atoms with E-state index in [1.165, 1.54) is 12.3 Å². The van der Waals surface area contributed by atoms with Crippen LogP contribution in [-0.4, -0.2) is 61.7 Å². The Kier molecular flexibility index (Phi) is 8.71. The molecule has 162 valence electrons. The third-order valence-corrected chi connectivity index (χ3v) is 5.16. The molecule has 11 heteroatoms. The van der Waals surface area contributed by atoms with Crippen molar-refractivity contribution in [1.29, 1.82) is 0 Å². The molecule has 2 amide bonds. The zero-order valence-corrected chi connectivity index (χ0v) is 17.0. The molecule has 1 fully saturated rings. The maximum atomic E-state index is 12.0. The Morgan fingerprint density at radius 3 is 2.40 bits per heavy atom. The fourth-order valence-corrected chi connectivity index (χ4v) is 3.55. The summed E-state index contributed by atoms with van der Waals surface area (Å²) < 4.78 is 28.1. The number of carboxylic acid groups (broad SMARTS) is 1. The number of anilines is 1. The summed E-state index contributed by atoms with van der Waals surface area (Å²) in [6.45, 7) is 2.30. The van der Waals surface area contributed by atoms with E-state index in [1.54, 1.807) is 41.3 Å². The van der Waals surface area contributed by atoms with Gasteiger partial charge in [-0.05, 0) is 30.2 Å². The highest BCUT2D eigenvalue weighted by Gasteiger charge is 2.18. The van der Waals surface area contributed by atoms with Crippen molar-refractivity contribution < 1.29 is 27.9 Å². The van der Waals surface area contributed by atoms with Crippen LogP contribution < -0.4 is 10.5 Å². The van der Waals surface area contributed by atoms with Crippen LogP contribution in [-0.2, 0) is 26.0 Å². The Morgan fingerprint density at radius 1 is 1.13 bits per heavy atom. The number of ether oxygens (including phenoxy) is 1. The standard InChI is InChI=1S/C13H18N2O4S.C6H6N2O2/c14-20(17,18)12-4-2-1-3-11(12)5-6-13(16)15-7-9-19-10-8-15;9-6(10)8-5-3-1-2-4-7-5/h1-4H,5-10H2,(H2,14,17,18);1-4H,(H,7,8)(H,9,10). The van der Waals surface area contributed by atoms with Crippen molar-refractivity contribution in [2.75, 3.05) is 31.6 Å². The van der Waals surface area contributed by atoms with Gasteiger partial charge in [-0.2, -0.15) is 0 Å². The average molecular weight is 436 g/mol. The largest absolute Gasteiger partial charge is 0.465 e. The van der Waals surface area contributed by atoms with Crippen LogP contribution in [0.4, 0.5) is 10.6 Å². The molecule has 1 aromatic carbocycles. The molecule has 0 unspecified atom stereocenters. The molecule has 4 N–H and O–H groups in total. The normalized spacial score (nSPS) is 13.7. The number of carbonyl (C=O) groups is 2. The van der Waals surface area contributed by atoms with Gasteiger partial charge >= 0.3 is 6.09 Å². The zero-order chi connectivity index (χ0) is 22.0. The van der Waals surface area contributed by atoms with Crippen LogP contribution in [0.3, 0.4) is 0 Å². The molecule has 3 rings (SSSR count). The first kappa shape index (κ1) is 23.3. The fourth-order valence-electron chi connectivity index (χ4n) is 2.75. The molecule has 2 aromatic rings. The van der Waals surface area contributed by atoms with Crippen molar-refractivity contribution in [3.63, 3.8) is 0 Å². The number of nitrogens with one attached hydrogen (secondary N) is 1. The number of aryl methyl sites for hydroxylation is 1. The summed E-state index contributed by atoms with van der Waals surface area (Å²) in [5.74, 6) is 0.354. The van der Waals surface area contributed by atoms with Crippen LogP contribution >= 0.6 is 0 Å². The van der Waals surface area contributed by atoms with Crippen molar-refractivity contribution in [2.45, 2.75) is 17.7 Å². The minimum Gasteiger partial charge on any atom is -0.465 e. The highest BCUT2D eigenvalue weighted by atomic mass is 32.2. The van der Waals surface area contributed by atoms with Gasteiger partial charge in [-0.1, -0.05) is 24.3 Å². The molecule has 0 bridgehead atoms. The second kappa shape index (κ2) is 11.2. The van der Waals surface area contributed by atoms with Crippen LogP contribution in [0.15, 0.2) is 53.6 Å². The maximum absolute atomic E-state index is 12.0. The fraction of sp³-hybridized carbons (Fsp3) is 0.316. The van der Waals surface area contributed by atoms with Gasteiger partial charge in [0.15, 0.2) is 0 Å². The molecule has 1 saturated heterocycles. The Balaban J connectivity index is 0.000000269. The number of nitrogens with two attached hydrogens (primary N) is 1. The van der Waals surface area contributed by atoms with E-state index in [-0.39, 0.29) is 17.2 Å². The summed E-state index contributed by atoms with van der Waals surface area (Å²) in [5.41, 5.74) is 0.580. The topological polar surface area (TPSA) is 152 Å². The number of sulfonamides is 1. The molecule has 1 aromatic heterocycles. The number of pyridine rings is 1. The molecule has 0 atom stereocenters. The predicted molar refractivity (Wildman–Crippen MR) is 109 cm³/mol. The summed E-state index contributed by atoms with van der Waals surface area (Å²) in [4.78, 5) is 27.6. The van der Waals surface area contributed by atoms with Gasteiger partial charge in [0.25, 0.3) is 0 Å². The van der Waals surface area contributed by atoms with E-state index in [9.17, 15) is 18.0 Å². The number of rotatable bonds is 5. The molecular formula is C19H24N4O6S. The molecule has 0 saturated carbocycles. The number of primary sulfonamides is 1. The lowest BCUT2D eigenvalue weighted by Gasteiger charge is -2.26. The molecule has 30 heavy (non-hydrogen) atoms. The number of hydrogen-bond donors (Lipinski definition) is 3. The Hall–Kier alpha value is -3.02. The van der Waals surface area contributed by atoms with Gasteiger partial charge in [-0.15, -0.1) is 0 Å². The summed E-state index contributed by atoms with van der Waals surface area (Å²) in [6.07, 6.45) is 1.05. The van der Waals surface area contributed by atoms with Gasteiger partial charge < -0.3 is 14.7 Å². The first-order chi connectivity index (χ1) is 14.3. The van der Waals surface area contributed by atoms with Gasteiger partial charge in [-0.3, -0.25) is 10.1 Å². The van der Waals surface area contributed by atoms with Crippen molar-refractivity contribution in [2.24, 2.45) is 5.14 Å². The van der Waals surface area contributed by atoms with E-state index in [4.69, 9.17) is 15.0 Å². The molecule has 0 spiro atoms. The quantitative estimate of drug-likeness (QED) is 0.639. The SMILES string of the molecule is NS(=O)(=O)c1ccccc1CCC(=O)N1CCOCC1.O=C(O)Nc1ccccn1. The van der Waals surface area contributed by atoms with Crippen LogP contribution in [0.25, 0.3) is 0 Å². The minimum atomic E-state index is -3.75. The lowest BCUT2D eigenvalue weighted by molar-refractivity contribution is -0.135. The molecule has 0 aliphatic carbocycles. The molecule has 10 nitrogen and oxygen atoms in total. The van der Waals surface area contributed by atoms with Crippen molar-refractivity contribution in [3.8, 4) is 0 Å². The van der Waals surface area contributed by atoms with Crippen LogP contribution in [0, 0.1) is 0 Å². The van der Waals surface area contributed by atoms with E-state index in [0.717, 1.165) is 0 Å². The van der Waals surface area contributed by atoms with Gasteiger partial charge in [0.1, 0.15) is 5.82 Å². The predicted octanol–water partition coefficient (Wildman–Crippen LogP) is 1.30. The number of hydrogen-bond acceptors (Lipinski definition) is 6. The highest BCUT2D eigenvalue weighted by Crippen LogP contribution is 2.16. The van der Waals surface area contributed by atoms with Crippen LogP contribution in [0.5, 0.6) is 0 Å². The Morgan fingerprint density at radius 2 is 1.80 bits per heavy atom. The van der Waals surface area contributed by atoms with Crippen molar-refractivity contribution in [1.82, 2.24) is 9.88 Å². The zero-order valence-electron chi connectivity index (χ0n) is 16.2. The summed E-state index contributed by atoms with van der Waals surface area (Å²) in [6, 6.07) is 11.5. The first-order valence-corrected chi connectivity index (χ1v) is 10.7. The number of morpholine rings is 1. The Labute approximate surface area is 174 Å². The smallest absolute Gasteiger partial charge is 0.410 e. The molecule has 2 heterocycles. The Bertz CT molecular complexity index is 947. The van der Waals surface area contributed by atoms with E-state index in [2.05, 4.69) is 10.3 Å². The highest BCUT2D eigenvalue weighted by molar-refractivity contribution is 7.89. The number of carbonyl (C=O) groups excluding carboxylic acids is 1. The second-order valence-electron chi connectivity index (χ2n) is 6.29. The lowest BCUT2D eigenvalue weighted by Crippen LogP contribution is -2.40. The third kappa shape index (κ3) is 7.78. The van der Waals surface area contributed by atoms with E-state index >= 15 is 0 Å². The van der Waals surface area contributed by atoms with Gasteiger partial charge in [0, 0.05) is 25.7 Å². The van der Waals surface area contributed by atoms with Crippen molar-refractivity contribution in [3.05, 3.63) is 54.2 Å². The van der Waals surface area contributed by atoms with E-state index in [0.29, 0.717) is 44.1 Å².